The first-order chi connectivity index (χ1) is 6.38. The van der Waals surface area contributed by atoms with Crippen molar-refractivity contribution < 1.29 is 4.74 Å². The highest BCUT2D eigenvalue weighted by atomic mass is 16.6. The Hall–Kier alpha value is -1.16. The van der Waals surface area contributed by atoms with Gasteiger partial charge in [-0.1, -0.05) is 6.08 Å². The maximum absolute atomic E-state index is 5.12. The second kappa shape index (κ2) is 3.70. The molecule has 0 spiro atoms. The number of rotatable bonds is 4. The average Bonchev–Trinajstić information content (AvgIpc) is 2.93. The molecule has 0 aromatic heterocycles. The zero-order valence-corrected chi connectivity index (χ0v) is 7.52. The molecule has 1 atom stereocenters. The molecule has 1 unspecified atom stereocenters. The third-order valence-corrected chi connectivity index (χ3v) is 1.97. The Morgan fingerprint density at radius 2 is 2.62 bits per heavy atom. The van der Waals surface area contributed by atoms with Crippen LogP contribution in [0.25, 0.3) is 0 Å². The van der Waals surface area contributed by atoms with Crippen LogP contribution in [0.15, 0.2) is 22.6 Å². The van der Waals surface area contributed by atoms with E-state index in [2.05, 4.69) is 21.5 Å². The van der Waals surface area contributed by atoms with Gasteiger partial charge in [-0.3, -0.25) is 0 Å². The van der Waals surface area contributed by atoms with Crippen LogP contribution in [0.4, 0.5) is 0 Å². The van der Waals surface area contributed by atoms with E-state index in [0.717, 1.165) is 25.4 Å². The first-order valence-electron chi connectivity index (χ1n) is 4.42. The summed E-state index contributed by atoms with van der Waals surface area (Å²) < 4.78 is 5.12. The van der Waals surface area contributed by atoms with E-state index in [0.29, 0.717) is 12.8 Å². The standard InChI is InChI=1S/C9H13N3O/c1-2-3-9-10-6-12(7-11-9)4-8-5-13-8/h2,6,8H,1,3-5,7H2. The Morgan fingerprint density at radius 3 is 3.15 bits per heavy atom. The molecule has 13 heavy (non-hydrogen) atoms. The molecule has 0 amide bonds. The number of nitrogens with zero attached hydrogens (tertiary/aromatic N) is 3. The van der Waals surface area contributed by atoms with E-state index in [-0.39, 0.29) is 0 Å². The lowest BCUT2D eigenvalue weighted by Gasteiger charge is -2.19. The van der Waals surface area contributed by atoms with E-state index < -0.39 is 0 Å². The maximum Gasteiger partial charge on any atom is 0.130 e. The molecule has 0 aromatic rings. The summed E-state index contributed by atoms with van der Waals surface area (Å²) in [6, 6.07) is 0. The van der Waals surface area contributed by atoms with Gasteiger partial charge in [0.2, 0.25) is 0 Å². The zero-order chi connectivity index (χ0) is 9.10. The summed E-state index contributed by atoms with van der Waals surface area (Å²) in [6.45, 7) is 6.14. The zero-order valence-electron chi connectivity index (χ0n) is 7.52. The lowest BCUT2D eigenvalue weighted by atomic mass is 10.4. The lowest BCUT2D eigenvalue weighted by molar-refractivity contribution is 0.340. The number of epoxide rings is 1. The van der Waals surface area contributed by atoms with Crippen LogP contribution >= 0.6 is 0 Å². The van der Waals surface area contributed by atoms with Crippen LogP contribution in [-0.2, 0) is 4.74 Å². The van der Waals surface area contributed by atoms with Crippen molar-refractivity contribution in [3.8, 4) is 0 Å². The van der Waals surface area contributed by atoms with Crippen molar-refractivity contribution in [1.29, 1.82) is 0 Å². The molecular formula is C9H13N3O. The van der Waals surface area contributed by atoms with Crippen molar-refractivity contribution in [1.82, 2.24) is 4.90 Å². The van der Waals surface area contributed by atoms with Crippen LogP contribution < -0.4 is 0 Å². The van der Waals surface area contributed by atoms with Crippen LogP contribution in [-0.4, -0.2) is 43.0 Å². The van der Waals surface area contributed by atoms with Gasteiger partial charge in [0.25, 0.3) is 0 Å². The van der Waals surface area contributed by atoms with Crippen LogP contribution in [0.1, 0.15) is 6.42 Å². The van der Waals surface area contributed by atoms with Crippen molar-refractivity contribution in [3.05, 3.63) is 12.7 Å². The van der Waals surface area contributed by atoms with Gasteiger partial charge in [-0.15, -0.1) is 6.58 Å². The lowest BCUT2D eigenvalue weighted by Crippen LogP contribution is -2.30. The van der Waals surface area contributed by atoms with E-state index in [1.165, 1.54) is 0 Å². The summed E-state index contributed by atoms with van der Waals surface area (Å²) in [6.07, 6.45) is 4.82. The van der Waals surface area contributed by atoms with Crippen LogP contribution in [0.5, 0.6) is 0 Å². The smallest absolute Gasteiger partial charge is 0.130 e. The fourth-order valence-corrected chi connectivity index (χ4v) is 1.18. The molecule has 1 fully saturated rings. The van der Waals surface area contributed by atoms with E-state index in [9.17, 15) is 0 Å². The molecule has 0 saturated carbocycles. The van der Waals surface area contributed by atoms with Gasteiger partial charge in [0, 0.05) is 13.0 Å². The SMILES string of the molecule is C=CCC1=NCN(CC2CO2)C=N1. The van der Waals surface area contributed by atoms with Crippen molar-refractivity contribution in [2.24, 2.45) is 9.98 Å². The fraction of sp³-hybridized carbons (Fsp3) is 0.556. The normalized spacial score (nSPS) is 25.7. The molecule has 0 aliphatic carbocycles. The Balaban J connectivity index is 1.80. The quantitative estimate of drug-likeness (QED) is 0.470. The van der Waals surface area contributed by atoms with Crippen molar-refractivity contribution >= 4 is 12.2 Å². The summed E-state index contributed by atoms with van der Waals surface area (Å²) in [5.41, 5.74) is 0. The third kappa shape index (κ3) is 2.39. The van der Waals surface area contributed by atoms with Crippen molar-refractivity contribution in [2.45, 2.75) is 12.5 Å². The van der Waals surface area contributed by atoms with Gasteiger partial charge in [0.15, 0.2) is 0 Å². The number of hydrogen-bond acceptors (Lipinski definition) is 4. The molecule has 2 aliphatic rings. The summed E-state index contributed by atoms with van der Waals surface area (Å²) in [5, 5.41) is 0. The highest BCUT2D eigenvalue weighted by molar-refractivity contribution is 5.91. The molecule has 2 aliphatic heterocycles. The number of aliphatic imine (C=N–C) groups is 2. The summed E-state index contributed by atoms with van der Waals surface area (Å²) in [4.78, 5) is 10.6. The van der Waals surface area contributed by atoms with Crippen LogP contribution in [0.3, 0.4) is 0 Å². The Kier molecular flexibility index (Phi) is 2.40. The van der Waals surface area contributed by atoms with Gasteiger partial charge in [-0.2, -0.15) is 0 Å². The number of amidine groups is 1. The molecule has 70 valence electrons. The van der Waals surface area contributed by atoms with E-state index in [1.54, 1.807) is 0 Å². The molecule has 4 heteroatoms. The average molecular weight is 179 g/mol. The monoisotopic (exact) mass is 179 g/mol. The number of ether oxygens (including phenoxy) is 1. The predicted molar refractivity (Wildman–Crippen MR) is 52.1 cm³/mol. The molecule has 2 rings (SSSR count). The first kappa shape index (κ1) is 8.44. The molecule has 2 heterocycles. The largest absolute Gasteiger partial charge is 0.371 e. The van der Waals surface area contributed by atoms with E-state index in [1.807, 2.05) is 12.4 Å². The molecule has 0 bridgehead atoms. The number of hydrogen-bond donors (Lipinski definition) is 0. The minimum absolute atomic E-state index is 0.405. The van der Waals surface area contributed by atoms with Crippen molar-refractivity contribution in [2.75, 3.05) is 19.8 Å². The van der Waals surface area contributed by atoms with Gasteiger partial charge in [0.05, 0.1) is 19.0 Å². The van der Waals surface area contributed by atoms with Crippen molar-refractivity contribution in [3.63, 3.8) is 0 Å². The van der Waals surface area contributed by atoms with Gasteiger partial charge in [0.1, 0.15) is 12.5 Å². The minimum atomic E-state index is 0.405. The van der Waals surface area contributed by atoms with Gasteiger partial charge in [-0.05, 0) is 0 Å². The first-order valence-corrected chi connectivity index (χ1v) is 4.42. The highest BCUT2D eigenvalue weighted by Gasteiger charge is 2.24. The summed E-state index contributed by atoms with van der Waals surface area (Å²) in [5.74, 6) is 0.864. The van der Waals surface area contributed by atoms with E-state index >= 15 is 0 Å². The topological polar surface area (TPSA) is 40.5 Å². The van der Waals surface area contributed by atoms with E-state index in [4.69, 9.17) is 4.74 Å². The Labute approximate surface area is 77.6 Å². The second-order valence-electron chi connectivity index (χ2n) is 3.18. The predicted octanol–water partition coefficient (Wildman–Crippen LogP) is 0.661. The minimum Gasteiger partial charge on any atom is -0.371 e. The third-order valence-electron chi connectivity index (χ3n) is 1.97. The second-order valence-corrected chi connectivity index (χ2v) is 3.18. The Morgan fingerprint density at radius 1 is 1.77 bits per heavy atom. The molecule has 1 saturated heterocycles. The molecule has 4 nitrogen and oxygen atoms in total. The molecule has 0 aromatic carbocycles. The Bertz CT molecular complexity index is 256. The van der Waals surface area contributed by atoms with Gasteiger partial charge < -0.3 is 9.64 Å². The molecular weight excluding hydrogens is 166 g/mol. The maximum atomic E-state index is 5.12. The summed E-state index contributed by atoms with van der Waals surface area (Å²) in [7, 11) is 0. The molecule has 0 N–H and O–H groups in total. The van der Waals surface area contributed by atoms with Crippen LogP contribution in [0, 0.1) is 0 Å². The fourth-order valence-electron chi connectivity index (χ4n) is 1.18. The molecule has 0 radical (unpaired) electrons. The van der Waals surface area contributed by atoms with Gasteiger partial charge >= 0.3 is 0 Å². The van der Waals surface area contributed by atoms with Gasteiger partial charge in [-0.25, -0.2) is 9.98 Å². The summed E-state index contributed by atoms with van der Waals surface area (Å²) >= 11 is 0. The highest BCUT2D eigenvalue weighted by Crippen LogP contribution is 2.11. The van der Waals surface area contributed by atoms with Crippen LogP contribution in [0.2, 0.25) is 0 Å².